The van der Waals surface area contributed by atoms with Crippen LogP contribution in [0.4, 0.5) is 0 Å². The molecule has 1 aliphatic rings. The second-order valence-corrected chi connectivity index (χ2v) is 12.5. The van der Waals surface area contributed by atoms with Crippen molar-refractivity contribution in [2.24, 2.45) is 5.92 Å². The number of hydrogen-bond donors (Lipinski definition) is 0. The van der Waals surface area contributed by atoms with E-state index in [0.717, 1.165) is 12.8 Å². The van der Waals surface area contributed by atoms with Crippen LogP contribution in [-0.4, -0.2) is 48.0 Å². The number of hydrogen-bond acceptors (Lipinski definition) is 5. The molecule has 1 saturated heterocycles. The zero-order valence-corrected chi connectivity index (χ0v) is 23.3. The van der Waals surface area contributed by atoms with Crippen molar-refractivity contribution >= 4 is 38.9 Å². The van der Waals surface area contributed by atoms with E-state index in [1.807, 2.05) is 32.0 Å². The molecule has 2 aromatic carbocycles. The molecule has 0 bridgehead atoms. The van der Waals surface area contributed by atoms with Crippen LogP contribution >= 0.6 is 23.2 Å². The first kappa shape index (κ1) is 27.6. The van der Waals surface area contributed by atoms with Gasteiger partial charge in [0.1, 0.15) is 0 Å². The van der Waals surface area contributed by atoms with Gasteiger partial charge in [0.2, 0.25) is 15.0 Å². The van der Waals surface area contributed by atoms with E-state index in [1.54, 1.807) is 39.9 Å². The van der Waals surface area contributed by atoms with Gasteiger partial charge in [0.05, 0.1) is 40.9 Å². The fourth-order valence-electron chi connectivity index (χ4n) is 4.47. The summed E-state index contributed by atoms with van der Waals surface area (Å²) < 4.78 is 34.3. The number of sulfone groups is 1. The number of amides is 1. The summed E-state index contributed by atoms with van der Waals surface area (Å²) in [7, 11) is -3.72. The fourth-order valence-corrected chi connectivity index (χ4v) is 6.46. The number of carbonyl (C=O) groups excluding carboxylic acids is 1. The molecule has 1 unspecified atom stereocenters. The Labute approximate surface area is 228 Å². The van der Waals surface area contributed by atoms with Gasteiger partial charge in [-0.05, 0) is 42.5 Å². The third-order valence-corrected chi connectivity index (χ3v) is 8.32. The van der Waals surface area contributed by atoms with E-state index in [1.165, 1.54) is 6.07 Å². The van der Waals surface area contributed by atoms with Crippen molar-refractivity contribution in [3.63, 3.8) is 0 Å². The van der Waals surface area contributed by atoms with Crippen LogP contribution in [0.3, 0.4) is 0 Å². The zero-order chi connectivity index (χ0) is 26.6. The summed E-state index contributed by atoms with van der Waals surface area (Å²) in [4.78, 5) is 19.6. The lowest BCUT2D eigenvalue weighted by Crippen LogP contribution is -2.37. The van der Waals surface area contributed by atoms with Gasteiger partial charge >= 0.3 is 0 Å². The molecule has 0 aliphatic carbocycles. The van der Waals surface area contributed by atoms with Crippen molar-refractivity contribution in [3.05, 3.63) is 81.6 Å². The number of halogens is 2. The summed E-state index contributed by atoms with van der Waals surface area (Å²) >= 11 is 12.4. The standard InChI is InChI=1S/C27H31Cl2N3O4S/c1-19(2)15-32-22(14-30-27(32)37(34,35)18-20-7-4-3-5-8-20)16-31(17-23-9-6-12-36-23)26(33)24-11-10-21(28)13-25(24)29/h3-5,7-8,10-11,13-14,19,23H,6,9,12,15-18H2,1-2H3. The second-order valence-electron chi connectivity index (χ2n) is 9.73. The summed E-state index contributed by atoms with van der Waals surface area (Å²) in [6, 6.07) is 13.8. The van der Waals surface area contributed by atoms with Crippen LogP contribution in [0, 0.1) is 5.92 Å². The third-order valence-electron chi connectivity index (χ3n) is 6.18. The van der Waals surface area contributed by atoms with Gasteiger partial charge in [-0.2, -0.15) is 0 Å². The molecule has 2 heterocycles. The quantitative estimate of drug-likeness (QED) is 0.318. The maximum absolute atomic E-state index is 13.6. The molecular weight excluding hydrogens is 533 g/mol. The van der Waals surface area contributed by atoms with Crippen molar-refractivity contribution in [3.8, 4) is 0 Å². The van der Waals surface area contributed by atoms with Crippen LogP contribution in [0.5, 0.6) is 0 Å². The van der Waals surface area contributed by atoms with Crippen molar-refractivity contribution in [1.29, 1.82) is 0 Å². The first-order valence-corrected chi connectivity index (χ1v) is 14.7. The smallest absolute Gasteiger partial charge is 0.255 e. The monoisotopic (exact) mass is 563 g/mol. The number of aromatic nitrogens is 2. The molecule has 0 spiro atoms. The molecule has 37 heavy (non-hydrogen) atoms. The lowest BCUT2D eigenvalue weighted by molar-refractivity contribution is 0.0501. The lowest BCUT2D eigenvalue weighted by atomic mass is 10.1. The van der Waals surface area contributed by atoms with E-state index in [2.05, 4.69) is 4.98 Å². The maximum atomic E-state index is 13.6. The molecule has 1 aromatic heterocycles. The highest BCUT2D eigenvalue weighted by atomic mass is 35.5. The molecule has 4 rings (SSSR count). The predicted molar refractivity (Wildman–Crippen MR) is 145 cm³/mol. The number of imidazole rings is 1. The van der Waals surface area contributed by atoms with Gasteiger partial charge in [-0.3, -0.25) is 4.79 Å². The molecule has 1 aliphatic heterocycles. The minimum Gasteiger partial charge on any atom is -0.376 e. The summed E-state index contributed by atoms with van der Waals surface area (Å²) in [5.41, 5.74) is 1.66. The molecule has 0 radical (unpaired) electrons. The van der Waals surface area contributed by atoms with Gasteiger partial charge in [-0.15, -0.1) is 0 Å². The summed E-state index contributed by atoms with van der Waals surface area (Å²) in [5.74, 6) is -0.267. The van der Waals surface area contributed by atoms with E-state index in [4.69, 9.17) is 27.9 Å². The number of benzene rings is 2. The van der Waals surface area contributed by atoms with Crippen LogP contribution in [0.15, 0.2) is 59.9 Å². The normalized spacial score (nSPS) is 15.9. The molecule has 3 aromatic rings. The minimum absolute atomic E-state index is 0.00842. The second kappa shape index (κ2) is 12.0. The zero-order valence-electron chi connectivity index (χ0n) is 20.9. The van der Waals surface area contributed by atoms with Crippen molar-refractivity contribution in [2.75, 3.05) is 13.2 Å². The molecule has 1 amide bonds. The van der Waals surface area contributed by atoms with Crippen LogP contribution in [0.1, 0.15) is 48.3 Å². The van der Waals surface area contributed by atoms with Gasteiger partial charge in [0, 0.05) is 24.7 Å². The Kier molecular flexibility index (Phi) is 8.95. The van der Waals surface area contributed by atoms with Crippen molar-refractivity contribution < 1.29 is 17.9 Å². The van der Waals surface area contributed by atoms with Crippen molar-refractivity contribution in [1.82, 2.24) is 14.5 Å². The SMILES string of the molecule is CC(C)Cn1c(CN(CC2CCCO2)C(=O)c2ccc(Cl)cc2Cl)cnc1S(=O)(=O)Cc1ccccc1. The summed E-state index contributed by atoms with van der Waals surface area (Å²) in [6.07, 6.45) is 3.24. The first-order chi connectivity index (χ1) is 17.6. The minimum atomic E-state index is -3.72. The lowest BCUT2D eigenvalue weighted by Gasteiger charge is -2.27. The Morgan fingerprint density at radius 1 is 1.19 bits per heavy atom. The Hall–Kier alpha value is -2.39. The van der Waals surface area contributed by atoms with Crippen LogP contribution in [-0.2, 0) is 33.4 Å². The van der Waals surface area contributed by atoms with E-state index in [-0.39, 0.29) is 40.4 Å². The topological polar surface area (TPSA) is 81.5 Å². The Bertz CT molecular complexity index is 1340. The van der Waals surface area contributed by atoms with Gasteiger partial charge in [-0.25, -0.2) is 13.4 Å². The first-order valence-electron chi connectivity index (χ1n) is 12.3. The van der Waals surface area contributed by atoms with Gasteiger partial charge < -0.3 is 14.2 Å². The van der Waals surface area contributed by atoms with Gasteiger partial charge in [0.25, 0.3) is 5.91 Å². The molecule has 198 valence electrons. The van der Waals surface area contributed by atoms with E-state index >= 15 is 0 Å². The molecule has 0 N–H and O–H groups in total. The average Bonchev–Trinajstić information content (AvgIpc) is 3.49. The Balaban J connectivity index is 1.68. The summed E-state index contributed by atoms with van der Waals surface area (Å²) in [5, 5.41) is 0.709. The molecular formula is C27H31Cl2N3O4S. The Morgan fingerprint density at radius 3 is 2.59 bits per heavy atom. The van der Waals surface area contributed by atoms with Gasteiger partial charge in [0.15, 0.2) is 0 Å². The van der Waals surface area contributed by atoms with Crippen LogP contribution in [0.2, 0.25) is 10.0 Å². The number of nitrogens with zero attached hydrogens (tertiary/aromatic N) is 3. The molecule has 1 fully saturated rings. The predicted octanol–water partition coefficient (Wildman–Crippen LogP) is 5.64. The maximum Gasteiger partial charge on any atom is 0.255 e. The third kappa shape index (κ3) is 6.93. The summed E-state index contributed by atoms with van der Waals surface area (Å²) in [6.45, 7) is 5.65. The van der Waals surface area contributed by atoms with E-state index in [9.17, 15) is 13.2 Å². The van der Waals surface area contributed by atoms with E-state index in [0.29, 0.717) is 41.5 Å². The average molecular weight is 565 g/mol. The highest BCUT2D eigenvalue weighted by Crippen LogP contribution is 2.26. The highest BCUT2D eigenvalue weighted by molar-refractivity contribution is 7.90. The number of carbonyl (C=O) groups is 1. The van der Waals surface area contributed by atoms with Crippen molar-refractivity contribution in [2.45, 2.75) is 56.8 Å². The Morgan fingerprint density at radius 2 is 1.95 bits per heavy atom. The molecule has 1 atom stereocenters. The van der Waals surface area contributed by atoms with E-state index < -0.39 is 9.84 Å². The largest absolute Gasteiger partial charge is 0.376 e. The number of rotatable bonds is 10. The molecule has 7 nitrogen and oxygen atoms in total. The fraction of sp³-hybridized carbons (Fsp3) is 0.407. The van der Waals surface area contributed by atoms with Gasteiger partial charge in [-0.1, -0.05) is 67.4 Å². The number of ether oxygens (including phenoxy) is 1. The molecule has 0 saturated carbocycles. The van der Waals surface area contributed by atoms with Crippen LogP contribution in [0.25, 0.3) is 0 Å². The molecule has 10 heteroatoms. The highest BCUT2D eigenvalue weighted by Gasteiger charge is 2.29. The van der Waals surface area contributed by atoms with Crippen LogP contribution < -0.4 is 0 Å².